The second kappa shape index (κ2) is 5.35. The van der Waals surface area contributed by atoms with Gasteiger partial charge in [-0.2, -0.15) is 0 Å². The maximum Gasteiger partial charge on any atom is 0.255 e. The number of benzene rings is 1. The van der Waals surface area contributed by atoms with Crippen LogP contribution in [-0.4, -0.2) is 24.0 Å². The first kappa shape index (κ1) is 12.8. The van der Waals surface area contributed by atoms with Gasteiger partial charge in [0.1, 0.15) is 5.75 Å². The summed E-state index contributed by atoms with van der Waals surface area (Å²) < 4.78 is 5.16. The Morgan fingerprint density at radius 1 is 1.50 bits per heavy atom. The molecule has 0 aliphatic heterocycles. The lowest BCUT2D eigenvalue weighted by molar-refractivity contribution is 0.0941. The van der Waals surface area contributed by atoms with E-state index in [0.29, 0.717) is 22.2 Å². The number of nitrogens with one attached hydrogen (secondary N) is 1. The zero-order valence-electron chi connectivity index (χ0n) is 10.2. The third kappa shape index (κ3) is 2.79. The molecule has 18 heavy (non-hydrogen) atoms. The van der Waals surface area contributed by atoms with Gasteiger partial charge in [-0.3, -0.25) is 4.79 Å². The molecule has 96 valence electrons. The van der Waals surface area contributed by atoms with Crippen LogP contribution in [0.25, 0.3) is 0 Å². The van der Waals surface area contributed by atoms with Crippen molar-refractivity contribution in [3.8, 4) is 5.75 Å². The molecule has 3 N–H and O–H groups in total. The molecule has 1 aliphatic carbocycles. The number of rotatable bonds is 5. The summed E-state index contributed by atoms with van der Waals surface area (Å²) in [6.45, 7) is 0. The van der Waals surface area contributed by atoms with Gasteiger partial charge >= 0.3 is 0 Å². The fourth-order valence-corrected chi connectivity index (χ4v) is 2.15. The van der Waals surface area contributed by atoms with Crippen LogP contribution in [0.15, 0.2) is 24.3 Å². The average molecular weight is 264 g/mol. The van der Waals surface area contributed by atoms with Gasteiger partial charge in [-0.15, -0.1) is 0 Å². The highest BCUT2D eigenvalue weighted by Gasteiger charge is 2.34. The number of carbonyl (C=O) groups is 1. The Morgan fingerprint density at radius 2 is 2.17 bits per heavy atom. The minimum atomic E-state index is -0.211. The van der Waals surface area contributed by atoms with Gasteiger partial charge in [-0.25, -0.2) is 0 Å². The summed E-state index contributed by atoms with van der Waals surface area (Å²) in [6, 6.07) is 6.88. The van der Waals surface area contributed by atoms with Gasteiger partial charge in [0.25, 0.3) is 5.91 Å². The van der Waals surface area contributed by atoms with Crippen molar-refractivity contribution in [3.05, 3.63) is 29.8 Å². The van der Waals surface area contributed by atoms with Crippen molar-refractivity contribution in [2.75, 3.05) is 7.11 Å². The number of para-hydroxylation sites is 1. The first-order valence-electron chi connectivity index (χ1n) is 5.86. The molecule has 1 atom stereocenters. The molecule has 0 heterocycles. The van der Waals surface area contributed by atoms with Crippen molar-refractivity contribution in [3.63, 3.8) is 0 Å². The fraction of sp³-hybridized carbons (Fsp3) is 0.385. The Labute approximate surface area is 112 Å². The molecule has 1 aromatic rings. The summed E-state index contributed by atoms with van der Waals surface area (Å²) in [4.78, 5) is 12.5. The summed E-state index contributed by atoms with van der Waals surface area (Å²) in [7, 11) is 1.54. The normalized spacial score (nSPS) is 15.8. The molecular weight excluding hydrogens is 248 g/mol. The number of hydrogen-bond acceptors (Lipinski definition) is 3. The molecule has 2 rings (SSSR count). The van der Waals surface area contributed by atoms with E-state index in [4.69, 9.17) is 22.7 Å². The lowest BCUT2D eigenvalue weighted by Crippen LogP contribution is -2.45. The standard InChI is InChI=1S/C13H16N2O2S/c1-17-10-5-3-2-4-9(10)13(16)15-11(12(14)18)8-6-7-8/h2-5,8,11H,6-7H2,1H3,(H2,14,18)(H,15,16). The maximum absolute atomic E-state index is 12.2. The minimum absolute atomic E-state index is 0.197. The molecule has 4 nitrogen and oxygen atoms in total. The SMILES string of the molecule is COc1ccccc1C(=O)NC(C(N)=S)C1CC1. The Balaban J connectivity index is 2.13. The molecule has 1 fully saturated rings. The zero-order chi connectivity index (χ0) is 13.1. The topological polar surface area (TPSA) is 64.3 Å². The van der Waals surface area contributed by atoms with Crippen LogP contribution in [0.4, 0.5) is 0 Å². The Bertz CT molecular complexity index is 472. The molecule has 1 saturated carbocycles. The highest BCUT2D eigenvalue weighted by molar-refractivity contribution is 7.80. The van der Waals surface area contributed by atoms with Crippen LogP contribution in [0.1, 0.15) is 23.2 Å². The average Bonchev–Trinajstić information content (AvgIpc) is 3.19. The fourth-order valence-electron chi connectivity index (χ4n) is 1.90. The number of thiocarbonyl (C=S) groups is 1. The molecule has 1 amide bonds. The molecule has 0 radical (unpaired) electrons. The number of carbonyl (C=O) groups excluding carboxylic acids is 1. The van der Waals surface area contributed by atoms with E-state index in [1.165, 1.54) is 7.11 Å². The minimum Gasteiger partial charge on any atom is -0.496 e. The molecule has 0 aromatic heterocycles. The summed E-state index contributed by atoms with van der Waals surface area (Å²) >= 11 is 4.99. The van der Waals surface area contributed by atoms with E-state index in [2.05, 4.69) is 5.32 Å². The van der Waals surface area contributed by atoms with Crippen LogP contribution in [-0.2, 0) is 0 Å². The largest absolute Gasteiger partial charge is 0.496 e. The van der Waals surface area contributed by atoms with Gasteiger partial charge in [-0.1, -0.05) is 24.4 Å². The van der Waals surface area contributed by atoms with Gasteiger partial charge in [0.15, 0.2) is 0 Å². The van der Waals surface area contributed by atoms with Gasteiger partial charge in [0, 0.05) is 0 Å². The van der Waals surface area contributed by atoms with Gasteiger partial charge < -0.3 is 15.8 Å². The molecule has 1 aliphatic rings. The Morgan fingerprint density at radius 3 is 2.72 bits per heavy atom. The second-order valence-corrected chi connectivity index (χ2v) is 4.86. The number of hydrogen-bond donors (Lipinski definition) is 2. The van der Waals surface area contributed by atoms with E-state index in [0.717, 1.165) is 12.8 Å². The predicted molar refractivity (Wildman–Crippen MR) is 73.8 cm³/mol. The van der Waals surface area contributed by atoms with Crippen molar-refractivity contribution in [1.82, 2.24) is 5.32 Å². The second-order valence-electron chi connectivity index (χ2n) is 4.39. The van der Waals surface area contributed by atoms with Crippen molar-refractivity contribution in [2.24, 2.45) is 11.7 Å². The van der Waals surface area contributed by atoms with Crippen molar-refractivity contribution >= 4 is 23.1 Å². The lowest BCUT2D eigenvalue weighted by atomic mass is 10.1. The van der Waals surface area contributed by atoms with E-state index >= 15 is 0 Å². The Kier molecular flexibility index (Phi) is 3.81. The number of ether oxygens (including phenoxy) is 1. The van der Waals surface area contributed by atoms with Crippen LogP contribution < -0.4 is 15.8 Å². The third-order valence-electron chi connectivity index (χ3n) is 3.04. The van der Waals surface area contributed by atoms with Crippen LogP contribution in [0.5, 0.6) is 5.75 Å². The molecule has 0 bridgehead atoms. The zero-order valence-corrected chi connectivity index (χ0v) is 11.0. The molecule has 1 unspecified atom stereocenters. The van der Waals surface area contributed by atoms with Crippen molar-refractivity contribution < 1.29 is 9.53 Å². The van der Waals surface area contributed by atoms with Crippen molar-refractivity contribution in [1.29, 1.82) is 0 Å². The van der Waals surface area contributed by atoms with E-state index in [9.17, 15) is 4.79 Å². The van der Waals surface area contributed by atoms with Crippen LogP contribution >= 0.6 is 12.2 Å². The smallest absolute Gasteiger partial charge is 0.255 e. The van der Waals surface area contributed by atoms with E-state index in [-0.39, 0.29) is 11.9 Å². The first-order chi connectivity index (χ1) is 8.63. The van der Waals surface area contributed by atoms with E-state index < -0.39 is 0 Å². The van der Waals surface area contributed by atoms with Crippen LogP contribution in [0, 0.1) is 5.92 Å². The highest BCUT2D eigenvalue weighted by Crippen LogP contribution is 2.33. The van der Waals surface area contributed by atoms with E-state index in [1.54, 1.807) is 18.2 Å². The Hall–Kier alpha value is -1.62. The lowest BCUT2D eigenvalue weighted by Gasteiger charge is -2.17. The van der Waals surface area contributed by atoms with Crippen molar-refractivity contribution in [2.45, 2.75) is 18.9 Å². The van der Waals surface area contributed by atoms with E-state index in [1.807, 2.05) is 6.07 Å². The highest BCUT2D eigenvalue weighted by atomic mass is 32.1. The van der Waals surface area contributed by atoms with Gasteiger partial charge in [-0.05, 0) is 30.9 Å². The summed E-state index contributed by atoms with van der Waals surface area (Å²) in [5, 5.41) is 2.88. The maximum atomic E-state index is 12.2. The first-order valence-corrected chi connectivity index (χ1v) is 6.27. The van der Waals surface area contributed by atoms with Gasteiger partial charge in [0.2, 0.25) is 0 Å². The number of amides is 1. The molecule has 1 aromatic carbocycles. The molecule has 0 saturated heterocycles. The quantitative estimate of drug-likeness (QED) is 0.791. The number of nitrogens with two attached hydrogens (primary N) is 1. The molecule has 5 heteroatoms. The van der Waals surface area contributed by atoms with Crippen LogP contribution in [0.3, 0.4) is 0 Å². The number of methoxy groups -OCH3 is 1. The monoisotopic (exact) mass is 264 g/mol. The third-order valence-corrected chi connectivity index (χ3v) is 3.29. The van der Waals surface area contributed by atoms with Crippen LogP contribution in [0.2, 0.25) is 0 Å². The molecule has 0 spiro atoms. The predicted octanol–water partition coefficient (Wildman–Crippen LogP) is 1.49. The van der Waals surface area contributed by atoms with Gasteiger partial charge in [0.05, 0.1) is 23.7 Å². The summed E-state index contributed by atoms with van der Waals surface area (Å²) in [5.41, 5.74) is 6.16. The molecular formula is C13H16N2O2S. The summed E-state index contributed by atoms with van der Waals surface area (Å²) in [6.07, 6.45) is 2.13. The summed E-state index contributed by atoms with van der Waals surface area (Å²) in [5.74, 6) is 0.741.